The van der Waals surface area contributed by atoms with Gasteiger partial charge in [0.2, 0.25) is 10.0 Å². The van der Waals surface area contributed by atoms with E-state index in [-0.39, 0.29) is 0 Å². The monoisotopic (exact) mass is 297 g/mol. The number of benzene rings is 1. The largest absolute Gasteiger partial charge is 0.392 e. The predicted molar refractivity (Wildman–Crippen MR) is 81.4 cm³/mol. The van der Waals surface area contributed by atoms with Gasteiger partial charge in [0, 0.05) is 0 Å². The van der Waals surface area contributed by atoms with Gasteiger partial charge >= 0.3 is 0 Å². The molecule has 1 saturated carbocycles. The van der Waals surface area contributed by atoms with E-state index in [1.165, 1.54) is 0 Å². The summed E-state index contributed by atoms with van der Waals surface area (Å²) in [6.07, 6.45) is 2.88. The summed E-state index contributed by atoms with van der Waals surface area (Å²) in [5.74, 6) is 0. The van der Waals surface area contributed by atoms with Crippen LogP contribution in [0.3, 0.4) is 0 Å². The molecule has 0 aromatic heterocycles. The van der Waals surface area contributed by atoms with Crippen LogP contribution in [0.5, 0.6) is 0 Å². The fourth-order valence-corrected chi connectivity index (χ4v) is 4.58. The molecule has 1 aliphatic rings. The van der Waals surface area contributed by atoms with E-state index in [0.29, 0.717) is 18.5 Å². The van der Waals surface area contributed by atoms with Crippen LogP contribution in [-0.2, 0) is 16.4 Å². The first-order chi connectivity index (χ1) is 9.45. The molecule has 1 aliphatic carbocycles. The van der Waals surface area contributed by atoms with Gasteiger partial charge in [0.15, 0.2) is 0 Å². The van der Waals surface area contributed by atoms with Crippen LogP contribution in [0.4, 0.5) is 5.69 Å². The number of hydrogen-bond acceptors (Lipinski definition) is 3. The predicted octanol–water partition coefficient (Wildman–Crippen LogP) is 2.60. The van der Waals surface area contributed by atoms with Crippen molar-refractivity contribution in [1.29, 1.82) is 0 Å². The highest BCUT2D eigenvalue weighted by molar-refractivity contribution is 7.93. The SMILES string of the molecule is CCc1cccc(C)c1NS(=O)(=O)C1CCCCC1O. The van der Waals surface area contributed by atoms with Gasteiger partial charge in [-0.1, -0.05) is 38.0 Å². The summed E-state index contributed by atoms with van der Waals surface area (Å²) in [4.78, 5) is 0. The van der Waals surface area contributed by atoms with Crippen LogP contribution in [0.25, 0.3) is 0 Å². The zero-order chi connectivity index (χ0) is 14.8. The number of hydrogen-bond donors (Lipinski definition) is 2. The molecule has 112 valence electrons. The summed E-state index contributed by atoms with van der Waals surface area (Å²) >= 11 is 0. The number of nitrogens with one attached hydrogen (secondary N) is 1. The first kappa shape index (κ1) is 15.3. The van der Waals surface area contributed by atoms with E-state index < -0.39 is 21.4 Å². The van der Waals surface area contributed by atoms with Gasteiger partial charge in [-0.15, -0.1) is 0 Å². The number of sulfonamides is 1. The zero-order valence-corrected chi connectivity index (χ0v) is 12.9. The number of rotatable bonds is 4. The van der Waals surface area contributed by atoms with Crippen LogP contribution in [0.1, 0.15) is 43.7 Å². The van der Waals surface area contributed by atoms with E-state index in [2.05, 4.69) is 4.72 Å². The molecule has 0 bridgehead atoms. The third-order valence-corrected chi connectivity index (χ3v) is 5.89. The van der Waals surface area contributed by atoms with Crippen LogP contribution in [-0.4, -0.2) is 24.9 Å². The molecular formula is C15H23NO3S. The van der Waals surface area contributed by atoms with E-state index in [0.717, 1.165) is 30.4 Å². The molecule has 20 heavy (non-hydrogen) atoms. The smallest absolute Gasteiger partial charge is 0.238 e. The Morgan fingerprint density at radius 2 is 2.00 bits per heavy atom. The zero-order valence-electron chi connectivity index (χ0n) is 12.1. The maximum Gasteiger partial charge on any atom is 0.238 e. The molecule has 2 unspecified atom stereocenters. The standard InChI is InChI=1S/C15H23NO3S/c1-3-12-8-6-7-11(2)15(12)16-20(18,19)14-10-5-4-9-13(14)17/h6-8,13-14,16-17H,3-5,9-10H2,1-2H3. The van der Waals surface area contributed by atoms with E-state index in [1.807, 2.05) is 32.0 Å². The Balaban J connectivity index is 2.28. The Kier molecular flexibility index (Phi) is 4.70. The molecule has 1 aromatic rings. The minimum Gasteiger partial charge on any atom is -0.392 e. The molecular weight excluding hydrogens is 274 g/mol. The second kappa shape index (κ2) is 6.14. The van der Waals surface area contributed by atoms with Crippen LogP contribution in [0.15, 0.2) is 18.2 Å². The van der Waals surface area contributed by atoms with Gasteiger partial charge in [0.25, 0.3) is 0 Å². The van der Waals surface area contributed by atoms with E-state index in [4.69, 9.17) is 0 Å². The molecule has 5 heteroatoms. The van der Waals surface area contributed by atoms with Crippen molar-refractivity contribution in [3.05, 3.63) is 29.3 Å². The first-order valence-corrected chi connectivity index (χ1v) is 8.78. The number of aliphatic hydroxyl groups is 1. The lowest BCUT2D eigenvalue weighted by atomic mass is 9.97. The van der Waals surface area contributed by atoms with Crippen molar-refractivity contribution in [1.82, 2.24) is 0 Å². The molecule has 0 saturated heterocycles. The summed E-state index contributed by atoms with van der Waals surface area (Å²) in [6, 6.07) is 5.76. The molecule has 1 fully saturated rings. The molecule has 0 spiro atoms. The minimum absolute atomic E-state index is 0.532. The molecule has 2 atom stereocenters. The Bertz CT molecular complexity index is 568. The summed E-state index contributed by atoms with van der Waals surface area (Å²) in [5, 5.41) is 9.27. The number of anilines is 1. The number of para-hydroxylation sites is 1. The van der Waals surface area contributed by atoms with Crippen molar-refractivity contribution < 1.29 is 13.5 Å². The lowest BCUT2D eigenvalue weighted by molar-refractivity contribution is 0.133. The van der Waals surface area contributed by atoms with E-state index >= 15 is 0 Å². The topological polar surface area (TPSA) is 66.4 Å². The highest BCUT2D eigenvalue weighted by atomic mass is 32.2. The van der Waals surface area contributed by atoms with Gasteiger partial charge in [0.05, 0.1) is 11.8 Å². The van der Waals surface area contributed by atoms with Crippen LogP contribution in [0.2, 0.25) is 0 Å². The van der Waals surface area contributed by atoms with Gasteiger partial charge < -0.3 is 5.11 Å². The van der Waals surface area contributed by atoms with Crippen LogP contribution >= 0.6 is 0 Å². The number of aliphatic hydroxyl groups excluding tert-OH is 1. The molecule has 2 rings (SSSR count). The van der Waals surface area contributed by atoms with Gasteiger partial charge in [-0.2, -0.15) is 0 Å². The fourth-order valence-electron chi connectivity index (χ4n) is 2.83. The van der Waals surface area contributed by atoms with Crippen LogP contribution in [0, 0.1) is 6.92 Å². The summed E-state index contributed by atoms with van der Waals surface area (Å²) in [7, 11) is -3.54. The van der Waals surface area contributed by atoms with Crippen molar-refractivity contribution in [2.75, 3.05) is 4.72 Å². The summed E-state index contributed by atoms with van der Waals surface area (Å²) in [6.45, 7) is 3.90. The van der Waals surface area contributed by atoms with Crippen molar-refractivity contribution in [3.63, 3.8) is 0 Å². The highest BCUT2D eigenvalue weighted by Crippen LogP contribution is 2.28. The van der Waals surface area contributed by atoms with E-state index in [9.17, 15) is 13.5 Å². The van der Waals surface area contributed by atoms with Gasteiger partial charge in [-0.05, 0) is 37.3 Å². The average Bonchev–Trinajstić information content (AvgIpc) is 2.41. The molecule has 0 amide bonds. The van der Waals surface area contributed by atoms with Crippen molar-refractivity contribution in [3.8, 4) is 0 Å². The van der Waals surface area contributed by atoms with Crippen molar-refractivity contribution >= 4 is 15.7 Å². The van der Waals surface area contributed by atoms with Crippen molar-refractivity contribution in [2.24, 2.45) is 0 Å². The summed E-state index contributed by atoms with van der Waals surface area (Å²) < 4.78 is 27.7. The Morgan fingerprint density at radius 1 is 1.30 bits per heavy atom. The van der Waals surface area contributed by atoms with Crippen molar-refractivity contribution in [2.45, 2.75) is 57.3 Å². The molecule has 0 aliphatic heterocycles. The molecule has 0 heterocycles. The second-order valence-electron chi connectivity index (χ2n) is 5.50. The average molecular weight is 297 g/mol. The second-order valence-corrected chi connectivity index (χ2v) is 7.40. The normalized spacial score (nSPS) is 23.6. The highest BCUT2D eigenvalue weighted by Gasteiger charge is 2.34. The third kappa shape index (κ3) is 3.15. The van der Waals surface area contributed by atoms with Gasteiger partial charge in [0.1, 0.15) is 5.25 Å². The summed E-state index contributed by atoms with van der Waals surface area (Å²) in [5.41, 5.74) is 2.57. The number of aryl methyl sites for hydroxylation is 2. The Hall–Kier alpha value is -1.07. The maximum absolute atomic E-state index is 12.5. The van der Waals surface area contributed by atoms with Gasteiger partial charge in [-0.25, -0.2) is 8.42 Å². The molecule has 2 N–H and O–H groups in total. The molecule has 0 radical (unpaired) electrons. The first-order valence-electron chi connectivity index (χ1n) is 7.24. The third-order valence-electron chi connectivity index (χ3n) is 4.05. The fraction of sp³-hybridized carbons (Fsp3) is 0.600. The Labute approximate surface area is 121 Å². The molecule has 4 nitrogen and oxygen atoms in total. The Morgan fingerprint density at radius 3 is 2.65 bits per heavy atom. The minimum atomic E-state index is -3.54. The lowest BCUT2D eigenvalue weighted by Crippen LogP contribution is -2.40. The quantitative estimate of drug-likeness (QED) is 0.897. The maximum atomic E-state index is 12.5. The van der Waals surface area contributed by atoms with Crippen LogP contribution < -0.4 is 4.72 Å². The molecule has 1 aromatic carbocycles. The van der Waals surface area contributed by atoms with E-state index in [1.54, 1.807) is 0 Å². The van der Waals surface area contributed by atoms with Gasteiger partial charge in [-0.3, -0.25) is 4.72 Å². The lowest BCUT2D eigenvalue weighted by Gasteiger charge is -2.28.